The van der Waals surface area contributed by atoms with Gasteiger partial charge < -0.3 is 19.9 Å². The number of carbonyl (C=O) groups is 1. The average molecular weight is 321 g/mol. The van der Waals surface area contributed by atoms with Gasteiger partial charge in [0.05, 0.1) is 6.61 Å². The summed E-state index contributed by atoms with van der Waals surface area (Å²) in [6, 6.07) is 1.96. The Labute approximate surface area is 138 Å². The number of ether oxygens (including phenoxy) is 1. The highest BCUT2D eigenvalue weighted by Crippen LogP contribution is 2.16. The molecule has 23 heavy (non-hydrogen) atoms. The third-order valence-corrected chi connectivity index (χ3v) is 3.62. The molecule has 0 aromatic carbocycles. The van der Waals surface area contributed by atoms with Gasteiger partial charge in [0, 0.05) is 44.5 Å². The van der Waals surface area contributed by atoms with E-state index in [0.29, 0.717) is 38.7 Å². The van der Waals surface area contributed by atoms with Crippen LogP contribution in [0.15, 0.2) is 6.07 Å². The molecule has 0 unspecified atom stereocenters. The molecular weight excluding hydrogens is 294 g/mol. The second-order valence-corrected chi connectivity index (χ2v) is 6.14. The van der Waals surface area contributed by atoms with Crippen LogP contribution in [0.2, 0.25) is 0 Å². The Morgan fingerprint density at radius 2 is 2.00 bits per heavy atom. The molecule has 1 aromatic rings. The minimum absolute atomic E-state index is 0.239. The van der Waals surface area contributed by atoms with Gasteiger partial charge in [-0.25, -0.2) is 9.78 Å². The molecular formula is C16H27N5O2. The van der Waals surface area contributed by atoms with E-state index >= 15 is 0 Å². The van der Waals surface area contributed by atoms with Crippen molar-refractivity contribution in [2.75, 3.05) is 49.5 Å². The molecule has 1 N–H and O–H groups in total. The van der Waals surface area contributed by atoms with Crippen molar-refractivity contribution in [1.82, 2.24) is 14.9 Å². The maximum Gasteiger partial charge on any atom is 0.409 e. The summed E-state index contributed by atoms with van der Waals surface area (Å²) in [7, 11) is 0. The fraction of sp³-hybridized carbons (Fsp3) is 0.688. The van der Waals surface area contributed by atoms with Crippen LogP contribution in [0.25, 0.3) is 0 Å². The number of aromatic nitrogens is 2. The first-order valence-electron chi connectivity index (χ1n) is 8.25. The molecule has 1 aromatic heterocycles. The number of rotatable bonds is 5. The highest BCUT2D eigenvalue weighted by molar-refractivity contribution is 5.68. The molecule has 128 valence electrons. The van der Waals surface area contributed by atoms with E-state index in [9.17, 15) is 4.79 Å². The van der Waals surface area contributed by atoms with Gasteiger partial charge in [0.25, 0.3) is 0 Å². The van der Waals surface area contributed by atoms with E-state index in [4.69, 9.17) is 4.74 Å². The summed E-state index contributed by atoms with van der Waals surface area (Å²) < 4.78 is 5.04. The molecule has 1 aliphatic rings. The molecule has 0 bridgehead atoms. The predicted molar refractivity (Wildman–Crippen MR) is 90.9 cm³/mol. The van der Waals surface area contributed by atoms with Crippen LogP contribution < -0.4 is 10.2 Å². The Bertz CT molecular complexity index is 527. The maximum absolute atomic E-state index is 11.7. The summed E-state index contributed by atoms with van der Waals surface area (Å²) in [5.74, 6) is 2.13. The molecule has 1 saturated heterocycles. The van der Waals surface area contributed by atoms with Crippen LogP contribution in [0.3, 0.4) is 0 Å². The minimum Gasteiger partial charge on any atom is -0.450 e. The van der Waals surface area contributed by atoms with Crippen LogP contribution in [0.1, 0.15) is 26.5 Å². The van der Waals surface area contributed by atoms with E-state index < -0.39 is 0 Å². The Balaban J connectivity index is 1.98. The summed E-state index contributed by atoms with van der Waals surface area (Å²) in [4.78, 5) is 24.7. The molecule has 1 aliphatic heterocycles. The lowest BCUT2D eigenvalue weighted by Gasteiger charge is -2.34. The van der Waals surface area contributed by atoms with Gasteiger partial charge in [0.1, 0.15) is 5.82 Å². The van der Waals surface area contributed by atoms with Crippen LogP contribution in [0, 0.1) is 12.8 Å². The molecule has 1 amide bonds. The molecule has 0 radical (unpaired) electrons. The van der Waals surface area contributed by atoms with Crippen LogP contribution in [-0.2, 0) is 4.74 Å². The van der Waals surface area contributed by atoms with E-state index in [2.05, 4.69) is 34.0 Å². The molecule has 0 aliphatic carbocycles. The molecule has 7 nitrogen and oxygen atoms in total. The topological polar surface area (TPSA) is 70.6 Å². The van der Waals surface area contributed by atoms with Crippen molar-refractivity contribution in [1.29, 1.82) is 0 Å². The van der Waals surface area contributed by atoms with Crippen molar-refractivity contribution in [3.63, 3.8) is 0 Å². The number of aryl methyl sites for hydroxylation is 1. The summed E-state index contributed by atoms with van der Waals surface area (Å²) in [5.41, 5.74) is 0.939. The number of hydrogen-bond donors (Lipinski definition) is 1. The van der Waals surface area contributed by atoms with Gasteiger partial charge >= 0.3 is 6.09 Å². The predicted octanol–water partition coefficient (Wildman–Crippen LogP) is 2.13. The third-order valence-electron chi connectivity index (χ3n) is 3.62. The van der Waals surface area contributed by atoms with Crippen molar-refractivity contribution in [2.24, 2.45) is 5.92 Å². The number of nitrogens with zero attached hydrogens (tertiary/aromatic N) is 4. The van der Waals surface area contributed by atoms with Crippen LogP contribution >= 0.6 is 0 Å². The van der Waals surface area contributed by atoms with E-state index in [0.717, 1.165) is 24.0 Å². The first kappa shape index (κ1) is 17.3. The zero-order chi connectivity index (χ0) is 16.8. The van der Waals surface area contributed by atoms with Crippen molar-refractivity contribution in [3.05, 3.63) is 11.8 Å². The Kier molecular flexibility index (Phi) is 6.01. The van der Waals surface area contributed by atoms with Crippen LogP contribution in [-0.4, -0.2) is 60.3 Å². The summed E-state index contributed by atoms with van der Waals surface area (Å²) in [5, 5.41) is 3.35. The lowest BCUT2D eigenvalue weighted by molar-refractivity contribution is 0.105. The van der Waals surface area contributed by atoms with Gasteiger partial charge in [-0.3, -0.25) is 0 Å². The highest BCUT2D eigenvalue weighted by Gasteiger charge is 2.23. The molecule has 0 spiro atoms. The first-order chi connectivity index (χ1) is 11.0. The van der Waals surface area contributed by atoms with Crippen molar-refractivity contribution in [2.45, 2.75) is 27.7 Å². The quantitative estimate of drug-likeness (QED) is 0.896. The molecule has 0 atom stereocenters. The molecule has 0 saturated carbocycles. The van der Waals surface area contributed by atoms with E-state index in [1.165, 1.54) is 0 Å². The smallest absolute Gasteiger partial charge is 0.409 e. The lowest BCUT2D eigenvalue weighted by Crippen LogP contribution is -2.49. The number of amides is 1. The zero-order valence-corrected chi connectivity index (χ0v) is 14.5. The van der Waals surface area contributed by atoms with Gasteiger partial charge in [0.15, 0.2) is 0 Å². The van der Waals surface area contributed by atoms with Crippen molar-refractivity contribution >= 4 is 17.9 Å². The number of piperazine rings is 1. The third kappa shape index (κ3) is 4.97. The van der Waals surface area contributed by atoms with Crippen LogP contribution in [0.5, 0.6) is 0 Å². The SMILES string of the molecule is CCOC(=O)N1CCN(c2nc(C)cc(NCC(C)C)n2)CC1. The number of carbonyl (C=O) groups excluding carboxylic acids is 1. The first-order valence-corrected chi connectivity index (χ1v) is 8.25. The standard InChI is InChI=1S/C16H27N5O2/c1-5-23-16(22)21-8-6-20(7-9-21)15-18-13(4)10-14(19-15)17-11-12(2)3/h10,12H,5-9,11H2,1-4H3,(H,17,18,19). The monoisotopic (exact) mass is 321 g/mol. The zero-order valence-electron chi connectivity index (χ0n) is 14.5. The van der Waals surface area contributed by atoms with E-state index in [-0.39, 0.29) is 6.09 Å². The van der Waals surface area contributed by atoms with Crippen molar-refractivity contribution in [3.8, 4) is 0 Å². The maximum atomic E-state index is 11.7. The van der Waals surface area contributed by atoms with Gasteiger partial charge in [-0.2, -0.15) is 4.98 Å². The Morgan fingerprint density at radius 3 is 2.61 bits per heavy atom. The molecule has 7 heteroatoms. The second-order valence-electron chi connectivity index (χ2n) is 6.14. The van der Waals surface area contributed by atoms with Gasteiger partial charge in [0.2, 0.25) is 5.95 Å². The number of nitrogens with one attached hydrogen (secondary N) is 1. The molecule has 2 heterocycles. The number of hydrogen-bond acceptors (Lipinski definition) is 6. The lowest BCUT2D eigenvalue weighted by atomic mass is 10.2. The summed E-state index contributed by atoms with van der Waals surface area (Å²) in [6.45, 7) is 12.1. The normalized spacial score (nSPS) is 15.0. The summed E-state index contributed by atoms with van der Waals surface area (Å²) in [6.07, 6.45) is -0.239. The largest absolute Gasteiger partial charge is 0.450 e. The Morgan fingerprint density at radius 1 is 1.30 bits per heavy atom. The fourth-order valence-corrected chi connectivity index (χ4v) is 2.40. The highest BCUT2D eigenvalue weighted by atomic mass is 16.6. The Hall–Kier alpha value is -2.05. The molecule has 1 fully saturated rings. The summed E-state index contributed by atoms with van der Waals surface area (Å²) >= 11 is 0. The van der Waals surface area contributed by atoms with Crippen molar-refractivity contribution < 1.29 is 9.53 Å². The minimum atomic E-state index is -0.239. The van der Waals surface area contributed by atoms with Crippen LogP contribution in [0.4, 0.5) is 16.6 Å². The van der Waals surface area contributed by atoms with E-state index in [1.54, 1.807) is 4.90 Å². The number of anilines is 2. The van der Waals surface area contributed by atoms with Gasteiger partial charge in [-0.05, 0) is 19.8 Å². The van der Waals surface area contributed by atoms with Gasteiger partial charge in [-0.1, -0.05) is 13.8 Å². The average Bonchev–Trinajstić information content (AvgIpc) is 2.53. The fourth-order valence-electron chi connectivity index (χ4n) is 2.40. The second kappa shape index (κ2) is 7.99. The molecule has 2 rings (SSSR count). The van der Waals surface area contributed by atoms with Gasteiger partial charge in [-0.15, -0.1) is 0 Å². The van der Waals surface area contributed by atoms with E-state index in [1.807, 2.05) is 19.9 Å².